The molecule has 4 rings (SSSR count). The highest BCUT2D eigenvalue weighted by molar-refractivity contribution is 9.10. The van der Waals surface area contributed by atoms with Crippen molar-refractivity contribution in [2.75, 3.05) is 6.61 Å². The molecule has 0 aliphatic rings. The summed E-state index contributed by atoms with van der Waals surface area (Å²) >= 11 is 3.39. The minimum absolute atomic E-state index is 0.298. The van der Waals surface area contributed by atoms with Gasteiger partial charge in [0.2, 0.25) is 0 Å². The van der Waals surface area contributed by atoms with Gasteiger partial charge in [-0.2, -0.15) is 10.2 Å². The second-order valence-electron chi connectivity index (χ2n) is 7.26. The second-order valence-corrected chi connectivity index (χ2v) is 8.12. The molecule has 0 saturated carbocycles. The van der Waals surface area contributed by atoms with Crippen LogP contribution in [0.2, 0.25) is 0 Å². The third-order valence-corrected chi connectivity index (χ3v) is 5.54. The number of hydrogen-bond acceptors (Lipinski definition) is 4. The van der Waals surface area contributed by atoms with Crippen LogP contribution in [0.5, 0.6) is 5.75 Å². The molecule has 0 spiro atoms. The molecule has 1 N–H and O–H groups in total. The Hall–Kier alpha value is -3.71. The van der Waals surface area contributed by atoms with E-state index >= 15 is 0 Å². The summed E-state index contributed by atoms with van der Waals surface area (Å²) in [5, 5.41) is 8.96. The van der Waals surface area contributed by atoms with Gasteiger partial charge in [-0.15, -0.1) is 0 Å². The van der Waals surface area contributed by atoms with Gasteiger partial charge in [-0.25, -0.2) is 10.1 Å². The van der Waals surface area contributed by atoms with Crippen molar-refractivity contribution < 1.29 is 9.53 Å². The molecule has 3 aromatic carbocycles. The molecule has 0 aliphatic heterocycles. The van der Waals surface area contributed by atoms with Crippen LogP contribution < -0.4 is 10.2 Å². The molecule has 33 heavy (non-hydrogen) atoms. The third kappa shape index (κ3) is 5.56. The molecule has 0 bridgehead atoms. The molecule has 6 nitrogen and oxygen atoms in total. The zero-order chi connectivity index (χ0) is 23.0. The van der Waals surface area contributed by atoms with E-state index in [9.17, 15) is 4.79 Å². The quantitative estimate of drug-likeness (QED) is 0.242. The SMILES string of the molecule is CCCOc1ccc(-c2nn(-c3ccccc3)cc2/C=N\NC(=O)c2ccccc2Br)cc1. The lowest BCUT2D eigenvalue weighted by atomic mass is 10.1. The minimum Gasteiger partial charge on any atom is -0.494 e. The van der Waals surface area contributed by atoms with Crippen molar-refractivity contribution in [2.24, 2.45) is 5.10 Å². The standard InChI is InChI=1S/C26H23BrN4O2/c1-2-16-33-22-14-12-19(13-15-22)25-20(18-31(30-25)21-8-4-3-5-9-21)17-28-29-26(32)23-10-6-7-11-24(23)27/h3-15,17-18H,2,16H2,1H3,(H,29,32)/b28-17-. The van der Waals surface area contributed by atoms with E-state index in [-0.39, 0.29) is 5.91 Å². The van der Waals surface area contributed by atoms with Gasteiger partial charge < -0.3 is 4.74 Å². The number of halogens is 1. The molecule has 0 atom stereocenters. The van der Waals surface area contributed by atoms with Crippen LogP contribution in [0.1, 0.15) is 29.3 Å². The number of hydrazone groups is 1. The number of amides is 1. The normalized spacial score (nSPS) is 11.0. The van der Waals surface area contributed by atoms with Crippen molar-refractivity contribution >= 4 is 28.1 Å². The first-order valence-electron chi connectivity index (χ1n) is 10.6. The Balaban J connectivity index is 1.62. The Morgan fingerprint density at radius 1 is 1.06 bits per heavy atom. The Morgan fingerprint density at radius 2 is 1.79 bits per heavy atom. The number of hydrogen-bond donors (Lipinski definition) is 1. The number of rotatable bonds is 8. The van der Waals surface area contributed by atoms with Crippen molar-refractivity contribution in [1.82, 2.24) is 15.2 Å². The highest BCUT2D eigenvalue weighted by Gasteiger charge is 2.12. The lowest BCUT2D eigenvalue weighted by molar-refractivity contribution is 0.0954. The van der Waals surface area contributed by atoms with E-state index in [1.54, 1.807) is 23.0 Å². The van der Waals surface area contributed by atoms with Crippen molar-refractivity contribution in [2.45, 2.75) is 13.3 Å². The largest absolute Gasteiger partial charge is 0.494 e. The maximum absolute atomic E-state index is 12.5. The number of benzene rings is 3. The summed E-state index contributed by atoms with van der Waals surface area (Å²) in [5.41, 5.74) is 6.48. The minimum atomic E-state index is -0.298. The molecule has 166 valence electrons. The van der Waals surface area contributed by atoms with Gasteiger partial charge in [0, 0.05) is 21.8 Å². The van der Waals surface area contributed by atoms with Crippen molar-refractivity contribution in [3.8, 4) is 22.7 Å². The molecule has 4 aromatic rings. The molecule has 0 saturated heterocycles. The number of para-hydroxylation sites is 1. The summed E-state index contributed by atoms with van der Waals surface area (Å²) < 4.78 is 8.20. The van der Waals surface area contributed by atoms with Crippen LogP contribution in [0.4, 0.5) is 0 Å². The Morgan fingerprint density at radius 3 is 2.52 bits per heavy atom. The van der Waals surface area contributed by atoms with E-state index in [4.69, 9.17) is 9.84 Å². The Kier molecular flexibility index (Phi) is 7.32. The van der Waals surface area contributed by atoms with Crippen LogP contribution in [0.3, 0.4) is 0 Å². The van der Waals surface area contributed by atoms with Crippen LogP contribution in [-0.4, -0.2) is 28.5 Å². The molecule has 7 heteroatoms. The maximum Gasteiger partial charge on any atom is 0.272 e. The summed E-state index contributed by atoms with van der Waals surface area (Å²) in [6.45, 7) is 2.75. The van der Waals surface area contributed by atoms with Gasteiger partial charge in [-0.05, 0) is 70.9 Å². The zero-order valence-electron chi connectivity index (χ0n) is 18.1. The fourth-order valence-corrected chi connectivity index (χ4v) is 3.68. The van der Waals surface area contributed by atoms with Gasteiger partial charge in [-0.3, -0.25) is 4.79 Å². The summed E-state index contributed by atoms with van der Waals surface area (Å²) in [6, 6.07) is 24.9. The first-order chi connectivity index (χ1) is 16.2. The van der Waals surface area contributed by atoms with Gasteiger partial charge in [-0.1, -0.05) is 37.3 Å². The molecular weight excluding hydrogens is 480 g/mol. The molecule has 0 radical (unpaired) electrons. The number of nitrogens with zero attached hydrogens (tertiary/aromatic N) is 3. The van der Waals surface area contributed by atoms with E-state index in [1.165, 1.54) is 0 Å². The van der Waals surface area contributed by atoms with Gasteiger partial charge in [0.25, 0.3) is 5.91 Å². The van der Waals surface area contributed by atoms with Gasteiger partial charge >= 0.3 is 0 Å². The van der Waals surface area contributed by atoms with Crippen molar-refractivity contribution in [3.05, 3.63) is 101 Å². The van der Waals surface area contributed by atoms with Gasteiger partial charge in [0.05, 0.1) is 24.1 Å². The number of carbonyl (C=O) groups excluding carboxylic acids is 1. The van der Waals surface area contributed by atoms with E-state index in [0.29, 0.717) is 16.6 Å². The maximum atomic E-state index is 12.5. The zero-order valence-corrected chi connectivity index (χ0v) is 19.7. The first kappa shape index (κ1) is 22.5. The average molecular weight is 503 g/mol. The van der Waals surface area contributed by atoms with Gasteiger partial charge in [0.1, 0.15) is 11.4 Å². The lowest BCUT2D eigenvalue weighted by Gasteiger charge is -2.05. The van der Waals surface area contributed by atoms with Crippen molar-refractivity contribution in [1.29, 1.82) is 0 Å². The smallest absolute Gasteiger partial charge is 0.272 e. The highest BCUT2D eigenvalue weighted by Crippen LogP contribution is 2.25. The van der Waals surface area contributed by atoms with E-state index in [2.05, 4.69) is 33.4 Å². The second kappa shape index (κ2) is 10.7. The van der Waals surface area contributed by atoms with Gasteiger partial charge in [0.15, 0.2) is 0 Å². The average Bonchev–Trinajstić information content (AvgIpc) is 3.28. The lowest BCUT2D eigenvalue weighted by Crippen LogP contribution is -2.18. The third-order valence-electron chi connectivity index (χ3n) is 4.85. The van der Waals surface area contributed by atoms with Crippen LogP contribution in [-0.2, 0) is 0 Å². The summed E-state index contributed by atoms with van der Waals surface area (Å²) in [6.07, 6.45) is 4.45. The molecule has 0 fully saturated rings. The van der Waals surface area contributed by atoms with Crippen LogP contribution in [0, 0.1) is 0 Å². The Labute approximate surface area is 201 Å². The molecular formula is C26H23BrN4O2. The summed E-state index contributed by atoms with van der Waals surface area (Å²) in [7, 11) is 0. The van der Waals surface area contributed by atoms with Crippen molar-refractivity contribution in [3.63, 3.8) is 0 Å². The fraction of sp³-hybridized carbons (Fsp3) is 0.115. The van der Waals surface area contributed by atoms with Crippen LogP contribution in [0.15, 0.2) is 94.6 Å². The number of aromatic nitrogens is 2. The fourth-order valence-electron chi connectivity index (χ4n) is 3.21. The number of ether oxygens (including phenoxy) is 1. The Bertz CT molecular complexity index is 1250. The first-order valence-corrected chi connectivity index (χ1v) is 11.4. The molecule has 1 heterocycles. The van der Waals surface area contributed by atoms with E-state index in [1.807, 2.05) is 72.9 Å². The predicted octanol–water partition coefficient (Wildman–Crippen LogP) is 5.85. The molecule has 0 aliphatic carbocycles. The summed E-state index contributed by atoms with van der Waals surface area (Å²) in [5.74, 6) is 0.521. The number of carbonyl (C=O) groups is 1. The molecule has 1 amide bonds. The monoisotopic (exact) mass is 502 g/mol. The van der Waals surface area contributed by atoms with Crippen LogP contribution >= 0.6 is 15.9 Å². The molecule has 0 unspecified atom stereocenters. The van der Waals surface area contributed by atoms with Crippen LogP contribution in [0.25, 0.3) is 16.9 Å². The number of nitrogens with one attached hydrogen (secondary N) is 1. The molecule has 1 aromatic heterocycles. The van der Waals surface area contributed by atoms with E-state index < -0.39 is 0 Å². The van der Waals surface area contributed by atoms with E-state index in [0.717, 1.165) is 34.7 Å². The summed E-state index contributed by atoms with van der Waals surface area (Å²) in [4.78, 5) is 12.5. The highest BCUT2D eigenvalue weighted by atomic mass is 79.9. The topological polar surface area (TPSA) is 68.5 Å². The predicted molar refractivity (Wildman–Crippen MR) is 134 cm³/mol.